The molecule has 0 radical (unpaired) electrons. The van der Waals surface area contributed by atoms with Crippen LogP contribution in [-0.2, 0) is 23.8 Å². The molecule has 0 spiro atoms. The van der Waals surface area contributed by atoms with Gasteiger partial charge in [-0.25, -0.2) is 14.4 Å². The van der Waals surface area contributed by atoms with Gasteiger partial charge in [-0.2, -0.15) is 5.11 Å². The topological polar surface area (TPSA) is 150 Å². The predicted octanol–water partition coefficient (Wildman–Crippen LogP) is 6.37. The molecular weight excluding hydrogens is 568 g/mol. The molecule has 0 fully saturated rings. The lowest BCUT2D eigenvalue weighted by atomic mass is 10.2. The van der Waals surface area contributed by atoms with Crippen molar-refractivity contribution in [2.75, 3.05) is 37.8 Å². The van der Waals surface area contributed by atoms with Gasteiger partial charge in [-0.1, -0.05) is 36.9 Å². The van der Waals surface area contributed by atoms with E-state index in [9.17, 15) is 24.5 Å². The van der Waals surface area contributed by atoms with Gasteiger partial charge >= 0.3 is 17.9 Å². The van der Waals surface area contributed by atoms with Crippen LogP contribution in [0.15, 0.2) is 101 Å². The van der Waals surface area contributed by atoms with Crippen molar-refractivity contribution in [1.29, 1.82) is 0 Å². The summed E-state index contributed by atoms with van der Waals surface area (Å²) in [6.45, 7) is 8.04. The van der Waals surface area contributed by atoms with Gasteiger partial charge in [0.2, 0.25) is 0 Å². The summed E-state index contributed by atoms with van der Waals surface area (Å²) in [5.41, 5.74) is 1.93. The Kier molecular flexibility index (Phi) is 12.5. The van der Waals surface area contributed by atoms with Gasteiger partial charge < -0.3 is 19.1 Å². The summed E-state index contributed by atoms with van der Waals surface area (Å²) < 4.78 is 15.2. The van der Waals surface area contributed by atoms with E-state index < -0.39 is 28.5 Å². The molecule has 3 aromatic rings. The summed E-state index contributed by atoms with van der Waals surface area (Å²) in [4.78, 5) is 48.8. The van der Waals surface area contributed by atoms with E-state index in [1.54, 1.807) is 25.1 Å². The number of hydrogen-bond donors (Lipinski definition) is 0. The Labute approximate surface area is 254 Å². The summed E-state index contributed by atoms with van der Waals surface area (Å²) >= 11 is 0. The molecule has 0 aliphatic heterocycles. The molecule has 3 aromatic carbocycles. The van der Waals surface area contributed by atoms with Crippen molar-refractivity contribution in [3.8, 4) is 0 Å². The van der Waals surface area contributed by atoms with Crippen molar-refractivity contribution in [3.63, 3.8) is 0 Å². The zero-order valence-electron chi connectivity index (χ0n) is 24.4. The fraction of sp³-hybridized carbons (Fsp3) is 0.219. The first-order valence-corrected chi connectivity index (χ1v) is 13.6. The molecule has 0 amide bonds. The van der Waals surface area contributed by atoms with Crippen LogP contribution in [0.2, 0.25) is 0 Å². The highest BCUT2D eigenvalue weighted by Gasteiger charge is 2.19. The second-order valence-corrected chi connectivity index (χ2v) is 9.22. The highest BCUT2D eigenvalue weighted by Crippen LogP contribution is 2.31. The Bertz CT molecular complexity index is 1540. The molecule has 0 aromatic heterocycles. The monoisotopic (exact) mass is 600 g/mol. The van der Waals surface area contributed by atoms with Gasteiger partial charge in [0.1, 0.15) is 19.8 Å². The number of ether oxygens (including phenoxy) is 3. The number of likely N-dealkylation sites (N-methyl/N-ethyl adjacent to an activating group) is 1. The fourth-order valence-corrected chi connectivity index (χ4v) is 3.70. The number of carbonyl (C=O) groups excluding carboxylic acids is 3. The third-order valence-electron chi connectivity index (χ3n) is 5.99. The fourth-order valence-electron chi connectivity index (χ4n) is 3.70. The van der Waals surface area contributed by atoms with E-state index in [0.29, 0.717) is 24.4 Å². The van der Waals surface area contributed by atoms with Gasteiger partial charge in [-0.15, -0.1) is 5.11 Å². The Morgan fingerprint density at radius 3 is 2.30 bits per heavy atom. The van der Waals surface area contributed by atoms with Crippen LogP contribution in [0.25, 0.3) is 6.08 Å². The largest absolute Gasteiger partial charge is 0.460 e. The SMILES string of the molecule is C=C(C)C(=O)OCCN(CC)c1ccc(N=Nc2ccc(C(=O)OCCOC(=O)/C=C/c3ccccc3)cc2[N+](=O)[O-])cc1. The zero-order chi connectivity index (χ0) is 31.9. The Morgan fingerprint density at radius 2 is 1.64 bits per heavy atom. The minimum Gasteiger partial charge on any atom is -0.460 e. The standard InChI is InChI=1S/C32H32N4O8/c1-4-35(18-19-43-31(38)23(2)3)27-14-12-26(13-15-27)33-34-28-16-11-25(22-29(28)36(40)41)32(39)44-21-20-42-30(37)17-10-24-8-6-5-7-9-24/h5-17,22H,2,4,18-21H2,1,3H3/b17-10+,34-33?. The number of nitro groups is 1. The van der Waals surface area contributed by atoms with Crippen LogP contribution in [0.4, 0.5) is 22.7 Å². The summed E-state index contributed by atoms with van der Waals surface area (Å²) in [5, 5.41) is 19.8. The molecule has 0 atom stereocenters. The lowest BCUT2D eigenvalue weighted by Crippen LogP contribution is -2.28. The van der Waals surface area contributed by atoms with E-state index in [1.165, 1.54) is 18.2 Å². The van der Waals surface area contributed by atoms with Crippen LogP contribution >= 0.6 is 0 Å². The predicted molar refractivity (Wildman–Crippen MR) is 164 cm³/mol. The van der Waals surface area contributed by atoms with Gasteiger partial charge in [-0.3, -0.25) is 10.1 Å². The van der Waals surface area contributed by atoms with Crippen molar-refractivity contribution in [2.45, 2.75) is 13.8 Å². The van der Waals surface area contributed by atoms with Crippen LogP contribution in [0.3, 0.4) is 0 Å². The van der Waals surface area contributed by atoms with Crippen LogP contribution in [0.5, 0.6) is 0 Å². The van der Waals surface area contributed by atoms with Crippen molar-refractivity contribution in [2.24, 2.45) is 10.2 Å². The van der Waals surface area contributed by atoms with Gasteiger partial charge in [0.25, 0.3) is 5.69 Å². The highest BCUT2D eigenvalue weighted by atomic mass is 16.6. The molecule has 0 N–H and O–H groups in total. The minimum absolute atomic E-state index is 0.0516. The van der Waals surface area contributed by atoms with Crippen LogP contribution < -0.4 is 4.90 Å². The second-order valence-electron chi connectivity index (χ2n) is 9.22. The van der Waals surface area contributed by atoms with E-state index in [0.717, 1.165) is 17.3 Å². The van der Waals surface area contributed by atoms with E-state index in [1.807, 2.05) is 54.3 Å². The van der Waals surface area contributed by atoms with Gasteiger partial charge in [-0.05, 0) is 61.9 Å². The first kappa shape index (κ1) is 32.9. The van der Waals surface area contributed by atoms with Gasteiger partial charge in [0.15, 0.2) is 5.69 Å². The van der Waals surface area contributed by atoms with Gasteiger partial charge in [0, 0.05) is 29.9 Å². The molecule has 228 valence electrons. The maximum Gasteiger partial charge on any atom is 0.338 e. The summed E-state index contributed by atoms with van der Waals surface area (Å²) in [6, 6.07) is 19.9. The number of benzene rings is 3. The van der Waals surface area contributed by atoms with Crippen molar-refractivity contribution < 1.29 is 33.5 Å². The lowest BCUT2D eigenvalue weighted by molar-refractivity contribution is -0.384. The van der Waals surface area contributed by atoms with Crippen LogP contribution in [0, 0.1) is 10.1 Å². The molecule has 0 unspecified atom stereocenters. The van der Waals surface area contributed by atoms with Crippen LogP contribution in [-0.4, -0.2) is 55.7 Å². The molecule has 0 aliphatic carbocycles. The summed E-state index contributed by atoms with van der Waals surface area (Å²) in [6.07, 6.45) is 2.85. The number of carbonyl (C=O) groups is 3. The number of azo groups is 1. The Morgan fingerprint density at radius 1 is 0.932 bits per heavy atom. The van der Waals surface area contributed by atoms with Crippen molar-refractivity contribution in [3.05, 3.63) is 112 Å². The molecule has 3 rings (SSSR count). The number of rotatable bonds is 15. The van der Waals surface area contributed by atoms with Crippen LogP contribution in [0.1, 0.15) is 29.8 Å². The Balaban J connectivity index is 1.54. The molecule has 12 heteroatoms. The maximum atomic E-state index is 12.4. The molecule has 44 heavy (non-hydrogen) atoms. The van der Waals surface area contributed by atoms with E-state index >= 15 is 0 Å². The normalized spacial score (nSPS) is 10.9. The molecule has 0 bridgehead atoms. The van der Waals surface area contributed by atoms with E-state index in [4.69, 9.17) is 14.2 Å². The minimum atomic E-state index is -0.821. The molecular formula is C32H32N4O8. The molecule has 12 nitrogen and oxygen atoms in total. The third-order valence-corrected chi connectivity index (χ3v) is 5.99. The number of nitrogens with zero attached hydrogens (tertiary/aromatic N) is 4. The smallest absolute Gasteiger partial charge is 0.338 e. The average Bonchev–Trinajstić information content (AvgIpc) is 3.03. The van der Waals surface area contributed by atoms with Crippen molar-refractivity contribution >= 4 is 46.7 Å². The molecule has 0 heterocycles. The highest BCUT2D eigenvalue weighted by molar-refractivity contribution is 5.91. The summed E-state index contributed by atoms with van der Waals surface area (Å²) in [7, 11) is 0. The lowest BCUT2D eigenvalue weighted by Gasteiger charge is -2.22. The number of anilines is 1. The zero-order valence-corrected chi connectivity index (χ0v) is 24.4. The maximum absolute atomic E-state index is 12.4. The van der Waals surface area contributed by atoms with E-state index in [2.05, 4.69) is 16.8 Å². The van der Waals surface area contributed by atoms with Crippen molar-refractivity contribution in [1.82, 2.24) is 0 Å². The quantitative estimate of drug-likeness (QED) is 0.0369. The molecule has 0 aliphatic rings. The third kappa shape index (κ3) is 10.3. The Hall–Kier alpha value is -5.65. The summed E-state index contributed by atoms with van der Waals surface area (Å²) in [5.74, 6) is -1.87. The number of esters is 3. The first-order valence-electron chi connectivity index (χ1n) is 13.6. The first-order chi connectivity index (χ1) is 21.2. The second kappa shape index (κ2) is 16.7. The van der Waals surface area contributed by atoms with Gasteiger partial charge in [0.05, 0.1) is 22.7 Å². The molecule has 0 saturated carbocycles. The number of hydrogen-bond acceptors (Lipinski definition) is 11. The van der Waals surface area contributed by atoms with E-state index in [-0.39, 0.29) is 31.1 Å². The number of nitro benzene ring substituents is 1. The molecule has 0 saturated heterocycles. The average molecular weight is 601 g/mol.